The van der Waals surface area contributed by atoms with E-state index < -0.39 is 17.2 Å². The summed E-state index contributed by atoms with van der Waals surface area (Å²) in [6.07, 6.45) is 0.681. The fourth-order valence-corrected chi connectivity index (χ4v) is 3.26. The SMILES string of the molecule is CCc1cc(=O)oc2cc(OC(=O)COc3ccc4c(C)cc(=O)oc4c3)ccc12. The molecule has 2 aromatic heterocycles. The number of esters is 1. The number of benzene rings is 2. The van der Waals surface area contributed by atoms with Crippen LogP contribution in [0, 0.1) is 6.92 Å². The lowest BCUT2D eigenvalue weighted by Gasteiger charge is -2.09. The Bertz CT molecular complexity index is 1380. The molecule has 0 saturated carbocycles. The Hall–Kier alpha value is -3.87. The van der Waals surface area contributed by atoms with Crippen LogP contribution in [0.15, 0.2) is 67.0 Å². The number of carbonyl (C=O) groups is 1. The van der Waals surface area contributed by atoms with Crippen LogP contribution in [0.1, 0.15) is 18.1 Å². The standard InChI is InChI=1S/C23H18O7/c1-3-14-9-22(25)30-20-11-16(5-7-18(14)20)28-23(26)12-27-15-4-6-17-13(2)8-21(24)29-19(17)10-15/h4-11H,3,12H2,1-2H3. The van der Waals surface area contributed by atoms with E-state index in [1.54, 1.807) is 30.3 Å². The maximum Gasteiger partial charge on any atom is 0.349 e. The zero-order valence-electron chi connectivity index (χ0n) is 16.4. The van der Waals surface area contributed by atoms with E-state index in [9.17, 15) is 14.4 Å². The van der Waals surface area contributed by atoms with Gasteiger partial charge in [-0.05, 0) is 48.7 Å². The van der Waals surface area contributed by atoms with Crippen molar-refractivity contribution < 1.29 is 23.1 Å². The lowest BCUT2D eigenvalue weighted by molar-refractivity contribution is -0.136. The highest BCUT2D eigenvalue weighted by Gasteiger charge is 2.11. The second-order valence-electron chi connectivity index (χ2n) is 6.77. The van der Waals surface area contributed by atoms with E-state index in [1.165, 1.54) is 18.2 Å². The molecule has 152 valence electrons. The van der Waals surface area contributed by atoms with Crippen LogP contribution >= 0.6 is 0 Å². The Morgan fingerprint density at radius 3 is 2.27 bits per heavy atom. The molecular weight excluding hydrogens is 388 g/mol. The van der Waals surface area contributed by atoms with Gasteiger partial charge >= 0.3 is 17.2 Å². The second kappa shape index (κ2) is 7.87. The van der Waals surface area contributed by atoms with Gasteiger partial charge in [0.2, 0.25) is 0 Å². The van der Waals surface area contributed by atoms with Crippen LogP contribution < -0.4 is 20.7 Å². The normalized spacial score (nSPS) is 11.0. The van der Waals surface area contributed by atoms with Crippen molar-refractivity contribution in [2.45, 2.75) is 20.3 Å². The Balaban J connectivity index is 1.48. The summed E-state index contributed by atoms with van der Waals surface area (Å²) < 4.78 is 21.1. The second-order valence-corrected chi connectivity index (χ2v) is 6.77. The largest absolute Gasteiger partial charge is 0.482 e. The zero-order chi connectivity index (χ0) is 21.3. The minimum atomic E-state index is -0.630. The number of rotatable bonds is 5. The van der Waals surface area contributed by atoms with Gasteiger partial charge in [-0.3, -0.25) is 0 Å². The van der Waals surface area contributed by atoms with E-state index in [0.29, 0.717) is 23.3 Å². The zero-order valence-corrected chi connectivity index (χ0v) is 16.4. The molecule has 4 rings (SSSR count). The average Bonchev–Trinajstić information content (AvgIpc) is 2.71. The van der Waals surface area contributed by atoms with Gasteiger partial charge in [-0.25, -0.2) is 14.4 Å². The first-order valence-electron chi connectivity index (χ1n) is 9.37. The molecule has 2 heterocycles. The lowest BCUT2D eigenvalue weighted by Crippen LogP contribution is -2.17. The Kier molecular flexibility index (Phi) is 5.10. The molecule has 0 aliphatic carbocycles. The molecular formula is C23H18O7. The van der Waals surface area contributed by atoms with Crippen LogP contribution in [0.25, 0.3) is 21.9 Å². The maximum absolute atomic E-state index is 12.2. The van der Waals surface area contributed by atoms with Crippen LogP contribution in [0.3, 0.4) is 0 Å². The first kappa shape index (κ1) is 19.4. The van der Waals surface area contributed by atoms with Gasteiger partial charge in [-0.2, -0.15) is 0 Å². The highest BCUT2D eigenvalue weighted by Crippen LogP contribution is 2.24. The van der Waals surface area contributed by atoms with E-state index in [0.717, 1.165) is 21.9 Å². The van der Waals surface area contributed by atoms with Crippen LogP contribution in [0.5, 0.6) is 11.5 Å². The van der Waals surface area contributed by atoms with E-state index in [4.69, 9.17) is 18.3 Å². The first-order valence-corrected chi connectivity index (χ1v) is 9.37. The van der Waals surface area contributed by atoms with E-state index in [1.807, 2.05) is 13.8 Å². The van der Waals surface area contributed by atoms with Crippen molar-refractivity contribution in [3.8, 4) is 11.5 Å². The molecule has 4 aromatic rings. The summed E-state index contributed by atoms with van der Waals surface area (Å²) in [5.41, 5.74) is 1.48. The number of carbonyl (C=O) groups excluding carboxylic acids is 1. The third kappa shape index (κ3) is 3.96. The van der Waals surface area contributed by atoms with Crippen molar-refractivity contribution in [3.63, 3.8) is 0 Å². The fraction of sp³-hybridized carbons (Fsp3) is 0.174. The van der Waals surface area contributed by atoms with Crippen LogP contribution in [-0.2, 0) is 11.2 Å². The summed E-state index contributed by atoms with van der Waals surface area (Å²) in [5, 5.41) is 1.58. The Morgan fingerprint density at radius 2 is 1.50 bits per heavy atom. The molecule has 0 aliphatic rings. The summed E-state index contributed by atoms with van der Waals surface area (Å²) in [6.45, 7) is 3.41. The quantitative estimate of drug-likeness (QED) is 0.283. The molecule has 0 amide bonds. The molecule has 30 heavy (non-hydrogen) atoms. The number of hydrogen-bond acceptors (Lipinski definition) is 7. The van der Waals surface area contributed by atoms with Crippen molar-refractivity contribution in [2.75, 3.05) is 6.61 Å². The minimum Gasteiger partial charge on any atom is -0.482 e. The van der Waals surface area contributed by atoms with E-state index in [-0.39, 0.29) is 12.4 Å². The van der Waals surface area contributed by atoms with Gasteiger partial charge in [0.25, 0.3) is 0 Å². The van der Waals surface area contributed by atoms with Crippen LogP contribution in [0.2, 0.25) is 0 Å². The number of aryl methyl sites for hydroxylation is 2. The van der Waals surface area contributed by atoms with Crippen molar-refractivity contribution in [1.82, 2.24) is 0 Å². The van der Waals surface area contributed by atoms with Gasteiger partial charge in [0.15, 0.2) is 6.61 Å². The van der Waals surface area contributed by atoms with Crippen molar-refractivity contribution in [3.05, 3.63) is 80.5 Å². The highest BCUT2D eigenvalue weighted by molar-refractivity contribution is 5.83. The summed E-state index contributed by atoms with van der Waals surface area (Å²) in [7, 11) is 0. The summed E-state index contributed by atoms with van der Waals surface area (Å²) in [5.74, 6) is -0.0212. The third-order valence-corrected chi connectivity index (χ3v) is 4.69. The molecule has 7 heteroatoms. The van der Waals surface area contributed by atoms with Gasteiger partial charge in [-0.15, -0.1) is 0 Å². The Labute approximate surface area is 170 Å². The molecule has 7 nitrogen and oxygen atoms in total. The van der Waals surface area contributed by atoms with Crippen molar-refractivity contribution in [2.24, 2.45) is 0 Å². The van der Waals surface area contributed by atoms with Gasteiger partial charge in [0.05, 0.1) is 0 Å². The summed E-state index contributed by atoms with van der Waals surface area (Å²) in [4.78, 5) is 35.4. The smallest absolute Gasteiger partial charge is 0.349 e. The number of ether oxygens (including phenoxy) is 2. The van der Waals surface area contributed by atoms with Gasteiger partial charge in [-0.1, -0.05) is 6.92 Å². The molecule has 0 unspecified atom stereocenters. The van der Waals surface area contributed by atoms with Gasteiger partial charge < -0.3 is 18.3 Å². The van der Waals surface area contributed by atoms with E-state index in [2.05, 4.69) is 0 Å². The minimum absolute atomic E-state index is 0.243. The molecule has 0 N–H and O–H groups in total. The monoisotopic (exact) mass is 406 g/mol. The summed E-state index contributed by atoms with van der Waals surface area (Å²) in [6, 6.07) is 12.7. The number of hydrogen-bond donors (Lipinski definition) is 0. The lowest BCUT2D eigenvalue weighted by atomic mass is 10.1. The highest BCUT2D eigenvalue weighted by atomic mass is 16.6. The van der Waals surface area contributed by atoms with Gasteiger partial charge in [0.1, 0.15) is 22.7 Å². The fourth-order valence-electron chi connectivity index (χ4n) is 3.26. The molecule has 2 aromatic carbocycles. The Morgan fingerprint density at radius 1 is 0.867 bits per heavy atom. The van der Waals surface area contributed by atoms with Crippen molar-refractivity contribution >= 4 is 27.9 Å². The molecule has 0 aliphatic heterocycles. The van der Waals surface area contributed by atoms with Crippen LogP contribution in [0.4, 0.5) is 0 Å². The molecule has 0 spiro atoms. The molecule has 0 bridgehead atoms. The first-order chi connectivity index (χ1) is 14.4. The molecule has 0 radical (unpaired) electrons. The maximum atomic E-state index is 12.2. The third-order valence-electron chi connectivity index (χ3n) is 4.69. The topological polar surface area (TPSA) is 96.0 Å². The van der Waals surface area contributed by atoms with Crippen LogP contribution in [-0.4, -0.2) is 12.6 Å². The predicted octanol–water partition coefficient (Wildman–Crippen LogP) is 3.75. The molecule has 0 fully saturated rings. The molecule has 0 saturated heterocycles. The number of fused-ring (bicyclic) bond motifs is 2. The average molecular weight is 406 g/mol. The van der Waals surface area contributed by atoms with Crippen molar-refractivity contribution in [1.29, 1.82) is 0 Å². The van der Waals surface area contributed by atoms with E-state index >= 15 is 0 Å². The predicted molar refractivity (Wildman–Crippen MR) is 110 cm³/mol. The van der Waals surface area contributed by atoms with Gasteiger partial charge in [0, 0.05) is 35.0 Å². The molecule has 0 atom stereocenters. The summed E-state index contributed by atoms with van der Waals surface area (Å²) >= 11 is 0.